The first-order valence-electron chi connectivity index (χ1n) is 4.73. The van der Waals surface area contributed by atoms with Gasteiger partial charge < -0.3 is 16.4 Å². The zero-order valence-corrected chi connectivity index (χ0v) is 8.68. The SMILES string of the molecule is CCN(CC(N)=O)c1nnccc1CN. The maximum absolute atomic E-state index is 10.8. The highest BCUT2D eigenvalue weighted by Crippen LogP contribution is 2.14. The van der Waals surface area contributed by atoms with Gasteiger partial charge in [-0.1, -0.05) is 0 Å². The summed E-state index contributed by atoms with van der Waals surface area (Å²) >= 11 is 0. The Labute approximate surface area is 88.3 Å². The normalized spacial score (nSPS) is 10.0. The topological polar surface area (TPSA) is 98.1 Å². The van der Waals surface area contributed by atoms with Crippen molar-refractivity contribution in [2.24, 2.45) is 11.5 Å². The van der Waals surface area contributed by atoms with Gasteiger partial charge in [0, 0.05) is 18.7 Å². The van der Waals surface area contributed by atoms with Gasteiger partial charge in [0.2, 0.25) is 5.91 Å². The first kappa shape index (κ1) is 11.4. The van der Waals surface area contributed by atoms with E-state index in [-0.39, 0.29) is 6.54 Å². The van der Waals surface area contributed by atoms with Gasteiger partial charge in [-0.3, -0.25) is 4.79 Å². The minimum absolute atomic E-state index is 0.127. The van der Waals surface area contributed by atoms with Crippen LogP contribution in [0.3, 0.4) is 0 Å². The van der Waals surface area contributed by atoms with E-state index in [9.17, 15) is 4.79 Å². The van der Waals surface area contributed by atoms with Crippen LogP contribution in [0.15, 0.2) is 12.3 Å². The molecule has 1 rings (SSSR count). The quantitative estimate of drug-likeness (QED) is 0.664. The number of aromatic nitrogens is 2. The monoisotopic (exact) mass is 209 g/mol. The van der Waals surface area contributed by atoms with Crippen molar-refractivity contribution in [1.82, 2.24) is 10.2 Å². The number of amides is 1. The summed E-state index contributed by atoms with van der Waals surface area (Å²) in [6.45, 7) is 3.04. The molecule has 6 nitrogen and oxygen atoms in total. The molecule has 0 aliphatic carbocycles. The fourth-order valence-corrected chi connectivity index (χ4v) is 1.30. The van der Waals surface area contributed by atoms with E-state index < -0.39 is 5.91 Å². The third-order valence-corrected chi connectivity index (χ3v) is 2.03. The number of carbonyl (C=O) groups excluding carboxylic acids is 1. The smallest absolute Gasteiger partial charge is 0.236 e. The van der Waals surface area contributed by atoms with Gasteiger partial charge in [0.15, 0.2) is 5.82 Å². The standard InChI is InChI=1S/C9H15N5O/c1-2-14(6-8(11)15)9-7(5-10)3-4-12-13-9/h3-4H,2,5-6,10H2,1H3,(H2,11,15). The molecule has 0 atom stereocenters. The first-order valence-corrected chi connectivity index (χ1v) is 4.73. The lowest BCUT2D eigenvalue weighted by atomic mass is 10.2. The van der Waals surface area contributed by atoms with Crippen LogP contribution in [0.25, 0.3) is 0 Å². The van der Waals surface area contributed by atoms with Crippen LogP contribution >= 0.6 is 0 Å². The average molecular weight is 209 g/mol. The molecule has 1 aromatic rings. The van der Waals surface area contributed by atoms with Gasteiger partial charge in [0.1, 0.15) is 0 Å². The average Bonchev–Trinajstić information content (AvgIpc) is 2.25. The van der Waals surface area contributed by atoms with E-state index in [0.29, 0.717) is 18.9 Å². The fourth-order valence-electron chi connectivity index (χ4n) is 1.30. The summed E-state index contributed by atoms with van der Waals surface area (Å²) in [7, 11) is 0. The molecule has 82 valence electrons. The van der Waals surface area contributed by atoms with Crippen LogP contribution in [-0.4, -0.2) is 29.2 Å². The molecule has 0 saturated carbocycles. The molecule has 0 radical (unpaired) electrons. The lowest BCUT2D eigenvalue weighted by Crippen LogP contribution is -2.35. The van der Waals surface area contributed by atoms with Gasteiger partial charge in [-0.15, -0.1) is 5.10 Å². The molecule has 0 spiro atoms. The minimum Gasteiger partial charge on any atom is -0.368 e. The number of hydrogen-bond acceptors (Lipinski definition) is 5. The Bertz CT molecular complexity index is 341. The Balaban J connectivity index is 2.95. The second kappa shape index (κ2) is 5.26. The molecule has 0 aromatic carbocycles. The molecule has 0 bridgehead atoms. The van der Waals surface area contributed by atoms with E-state index in [1.165, 1.54) is 0 Å². The van der Waals surface area contributed by atoms with E-state index in [2.05, 4.69) is 10.2 Å². The van der Waals surface area contributed by atoms with Gasteiger partial charge in [-0.05, 0) is 13.0 Å². The lowest BCUT2D eigenvalue weighted by Gasteiger charge is -2.21. The third-order valence-electron chi connectivity index (χ3n) is 2.03. The van der Waals surface area contributed by atoms with Gasteiger partial charge in [0.25, 0.3) is 0 Å². The molecule has 0 fully saturated rings. The van der Waals surface area contributed by atoms with Crippen molar-refractivity contribution in [3.63, 3.8) is 0 Å². The van der Waals surface area contributed by atoms with Crippen LogP contribution in [0.1, 0.15) is 12.5 Å². The van der Waals surface area contributed by atoms with E-state index >= 15 is 0 Å². The summed E-state index contributed by atoms with van der Waals surface area (Å²) in [6, 6.07) is 1.78. The number of nitrogens with two attached hydrogens (primary N) is 2. The maximum Gasteiger partial charge on any atom is 0.236 e. The zero-order valence-electron chi connectivity index (χ0n) is 8.68. The Hall–Kier alpha value is -1.69. The number of anilines is 1. The summed E-state index contributed by atoms with van der Waals surface area (Å²) < 4.78 is 0. The van der Waals surface area contributed by atoms with E-state index in [0.717, 1.165) is 5.56 Å². The molecule has 0 unspecified atom stereocenters. The highest BCUT2D eigenvalue weighted by molar-refractivity contribution is 5.79. The Morgan fingerprint density at radius 1 is 1.60 bits per heavy atom. The number of nitrogens with zero attached hydrogens (tertiary/aromatic N) is 3. The summed E-state index contributed by atoms with van der Waals surface area (Å²) in [5.41, 5.74) is 11.6. The van der Waals surface area contributed by atoms with E-state index in [1.54, 1.807) is 17.2 Å². The summed E-state index contributed by atoms with van der Waals surface area (Å²) in [4.78, 5) is 12.6. The van der Waals surface area contributed by atoms with Crippen molar-refractivity contribution in [2.45, 2.75) is 13.5 Å². The number of primary amides is 1. The van der Waals surface area contributed by atoms with Crippen LogP contribution in [0.2, 0.25) is 0 Å². The predicted molar refractivity (Wildman–Crippen MR) is 57.0 cm³/mol. The molecule has 0 saturated heterocycles. The van der Waals surface area contributed by atoms with Crippen molar-refractivity contribution in [2.75, 3.05) is 18.0 Å². The van der Waals surface area contributed by atoms with Crippen molar-refractivity contribution >= 4 is 11.7 Å². The third kappa shape index (κ3) is 2.88. The second-order valence-corrected chi connectivity index (χ2v) is 3.06. The highest BCUT2D eigenvalue weighted by atomic mass is 16.1. The molecule has 0 aliphatic rings. The highest BCUT2D eigenvalue weighted by Gasteiger charge is 2.12. The lowest BCUT2D eigenvalue weighted by molar-refractivity contribution is -0.116. The first-order chi connectivity index (χ1) is 7.19. The number of rotatable bonds is 5. The van der Waals surface area contributed by atoms with E-state index in [4.69, 9.17) is 11.5 Å². The van der Waals surface area contributed by atoms with Crippen LogP contribution < -0.4 is 16.4 Å². The molecule has 15 heavy (non-hydrogen) atoms. The molecule has 0 aliphatic heterocycles. The van der Waals surface area contributed by atoms with Gasteiger partial charge in [-0.25, -0.2) is 0 Å². The minimum atomic E-state index is -0.398. The van der Waals surface area contributed by atoms with Gasteiger partial charge in [0.05, 0.1) is 12.7 Å². The molecule has 6 heteroatoms. The van der Waals surface area contributed by atoms with Crippen molar-refractivity contribution in [1.29, 1.82) is 0 Å². The molecular weight excluding hydrogens is 194 g/mol. The van der Waals surface area contributed by atoms with Crippen LogP contribution in [-0.2, 0) is 11.3 Å². The van der Waals surface area contributed by atoms with Gasteiger partial charge >= 0.3 is 0 Å². The molecule has 1 amide bonds. The van der Waals surface area contributed by atoms with Crippen molar-refractivity contribution in [3.8, 4) is 0 Å². The number of carbonyl (C=O) groups is 1. The van der Waals surface area contributed by atoms with Crippen molar-refractivity contribution in [3.05, 3.63) is 17.8 Å². The molecular formula is C9H15N5O. The summed E-state index contributed by atoms with van der Waals surface area (Å²) in [6.07, 6.45) is 1.57. The Kier molecular flexibility index (Phi) is 3.99. The predicted octanol–water partition coefficient (Wildman–Crippen LogP) is -0.753. The summed E-state index contributed by atoms with van der Waals surface area (Å²) in [5, 5.41) is 7.73. The largest absolute Gasteiger partial charge is 0.368 e. The molecule has 4 N–H and O–H groups in total. The van der Waals surface area contributed by atoms with Crippen LogP contribution in [0.5, 0.6) is 0 Å². The summed E-state index contributed by atoms with van der Waals surface area (Å²) in [5.74, 6) is 0.228. The second-order valence-electron chi connectivity index (χ2n) is 3.06. The number of likely N-dealkylation sites (N-methyl/N-ethyl adjacent to an activating group) is 1. The Morgan fingerprint density at radius 3 is 2.87 bits per heavy atom. The van der Waals surface area contributed by atoms with Crippen molar-refractivity contribution < 1.29 is 4.79 Å². The molecule has 1 heterocycles. The maximum atomic E-state index is 10.8. The van der Waals surface area contributed by atoms with Gasteiger partial charge in [-0.2, -0.15) is 5.10 Å². The zero-order chi connectivity index (χ0) is 11.3. The Morgan fingerprint density at radius 2 is 2.33 bits per heavy atom. The molecule has 1 aromatic heterocycles. The fraction of sp³-hybridized carbons (Fsp3) is 0.444. The van der Waals surface area contributed by atoms with Crippen LogP contribution in [0.4, 0.5) is 5.82 Å². The van der Waals surface area contributed by atoms with E-state index in [1.807, 2.05) is 6.92 Å². The number of hydrogen-bond donors (Lipinski definition) is 2. The van der Waals surface area contributed by atoms with Crippen LogP contribution in [0, 0.1) is 0 Å².